The zero-order chi connectivity index (χ0) is 5.45. The number of nitrogens with two attached hydrogens (primary N) is 1. The first-order chi connectivity index (χ1) is 2.24. The van der Waals surface area contributed by atoms with E-state index in [9.17, 15) is 0 Å². The summed E-state index contributed by atoms with van der Waals surface area (Å²) in [6, 6.07) is 0. The summed E-state index contributed by atoms with van der Waals surface area (Å²) in [7, 11) is 0. The molecule has 0 aliphatic carbocycles. The van der Waals surface area contributed by atoms with E-state index in [0.29, 0.717) is 0 Å². The third-order valence-electron chi connectivity index (χ3n) is 0. The van der Waals surface area contributed by atoms with Crippen molar-refractivity contribution < 1.29 is 13.8 Å². The number of rotatable bonds is 0. The first-order valence-corrected chi connectivity index (χ1v) is 9.03. The topological polar surface area (TPSA) is 26.0 Å². The van der Waals surface area contributed by atoms with Gasteiger partial charge in [-0.2, -0.15) is 0 Å². The molecule has 0 fully saturated rings. The van der Waals surface area contributed by atoms with E-state index in [1.54, 1.807) is 0 Å². The van der Waals surface area contributed by atoms with Crippen LogP contribution in [0.15, 0.2) is 0 Å². The molecular formula is C4H14NRh. The first kappa shape index (κ1) is 6.58. The van der Waals surface area contributed by atoms with Crippen molar-refractivity contribution in [3.05, 3.63) is 0 Å². The van der Waals surface area contributed by atoms with Gasteiger partial charge in [0.25, 0.3) is 0 Å². The fourth-order valence-electron chi connectivity index (χ4n) is 0. The molecule has 0 atom stereocenters. The van der Waals surface area contributed by atoms with Gasteiger partial charge in [0.15, 0.2) is 0 Å². The van der Waals surface area contributed by atoms with Crippen LogP contribution >= 0.6 is 0 Å². The second-order valence-corrected chi connectivity index (χ2v) is 16.4. The van der Waals surface area contributed by atoms with Crippen LogP contribution in [0, 0.1) is 0 Å². The standard InChI is InChI=1S/4CH3.H2N.Rh/h4*1H3;1H2;/q;;;;-1;+1. The SMILES string of the molecule is [CH3][Rh]([CH3])([CH3])([CH3])[NH2]. The van der Waals surface area contributed by atoms with Crippen LogP contribution in [0.3, 0.4) is 0 Å². The zero-order valence-corrected chi connectivity index (χ0v) is 6.55. The Morgan fingerprint density at radius 2 is 1.00 bits per heavy atom. The number of hydrogen-bond donors (Lipinski definition) is 1. The molecule has 0 aromatic carbocycles. The minimum absolute atomic E-state index is 1.90. The molecule has 6 heavy (non-hydrogen) atoms. The summed E-state index contributed by atoms with van der Waals surface area (Å²) in [5.41, 5.74) is 8.62. The normalized spacial score (nSPS) is 19.2. The van der Waals surface area contributed by atoms with E-state index >= 15 is 0 Å². The monoisotopic (exact) mass is 179 g/mol. The van der Waals surface area contributed by atoms with Crippen LogP contribution in [0.1, 0.15) is 0 Å². The van der Waals surface area contributed by atoms with Crippen LogP contribution < -0.4 is 4.48 Å². The molecule has 0 amide bonds. The average molecular weight is 179 g/mol. The van der Waals surface area contributed by atoms with Gasteiger partial charge in [-0.15, -0.1) is 0 Å². The molecule has 0 aromatic rings. The van der Waals surface area contributed by atoms with Crippen LogP contribution in [-0.4, -0.2) is 0 Å². The molecule has 1 nitrogen and oxygen atoms in total. The Morgan fingerprint density at radius 1 is 1.00 bits per heavy atom. The Morgan fingerprint density at radius 3 is 1.00 bits per heavy atom. The molecule has 0 unspecified atom stereocenters. The Balaban J connectivity index is 3.73. The summed E-state index contributed by atoms with van der Waals surface area (Å²) in [5, 5.41) is 0. The van der Waals surface area contributed by atoms with Gasteiger partial charge in [0, 0.05) is 0 Å². The van der Waals surface area contributed by atoms with Crippen molar-refractivity contribution in [3.63, 3.8) is 0 Å². The predicted octanol–water partition coefficient (Wildman–Crippen LogP) is 1.74. The fourth-order valence-corrected chi connectivity index (χ4v) is 0. The Kier molecular flexibility index (Phi) is 1.15. The third-order valence-corrected chi connectivity index (χ3v) is 0. The summed E-state index contributed by atoms with van der Waals surface area (Å²) in [4.78, 5) is 0. The van der Waals surface area contributed by atoms with Gasteiger partial charge in [0.1, 0.15) is 0 Å². The Hall–Kier alpha value is 0.583. The van der Waals surface area contributed by atoms with Gasteiger partial charge in [-0.25, -0.2) is 0 Å². The molecule has 0 heterocycles. The van der Waals surface area contributed by atoms with E-state index in [4.69, 9.17) is 4.48 Å². The zero-order valence-electron chi connectivity index (χ0n) is 4.91. The van der Waals surface area contributed by atoms with Gasteiger partial charge >= 0.3 is 40.4 Å². The molecule has 0 spiro atoms. The predicted molar refractivity (Wildman–Crippen MR) is 27.6 cm³/mol. The second kappa shape index (κ2) is 1.05. The van der Waals surface area contributed by atoms with Crippen LogP contribution in [0.5, 0.6) is 0 Å². The van der Waals surface area contributed by atoms with Crippen LogP contribution in [0.4, 0.5) is 0 Å². The van der Waals surface area contributed by atoms with Crippen molar-refractivity contribution in [3.8, 4) is 0 Å². The Labute approximate surface area is 40.9 Å². The van der Waals surface area contributed by atoms with Gasteiger partial charge in [-0.05, 0) is 0 Å². The van der Waals surface area contributed by atoms with E-state index in [1.807, 2.05) is 0 Å². The molecular weight excluding hydrogens is 165 g/mol. The van der Waals surface area contributed by atoms with Crippen molar-refractivity contribution in [1.82, 2.24) is 0 Å². The fraction of sp³-hybridized carbons (Fsp3) is 1.00. The van der Waals surface area contributed by atoms with E-state index in [0.717, 1.165) is 0 Å². The van der Waals surface area contributed by atoms with Gasteiger partial charge in [0.2, 0.25) is 0 Å². The molecule has 0 aliphatic heterocycles. The van der Waals surface area contributed by atoms with Crippen molar-refractivity contribution in [2.24, 2.45) is 4.48 Å². The van der Waals surface area contributed by atoms with E-state index in [-0.39, 0.29) is 0 Å². The summed E-state index contributed by atoms with van der Waals surface area (Å²) >= 11 is -1.90. The molecule has 0 saturated carbocycles. The first-order valence-electron chi connectivity index (χ1n) is 1.53. The van der Waals surface area contributed by atoms with Gasteiger partial charge in [-0.3, -0.25) is 0 Å². The third kappa shape index (κ3) is 173. The Bertz CT molecular complexity index is 40.7. The molecule has 0 radical (unpaired) electrons. The van der Waals surface area contributed by atoms with E-state index in [2.05, 4.69) is 22.1 Å². The van der Waals surface area contributed by atoms with Crippen molar-refractivity contribution in [2.75, 3.05) is 0 Å². The van der Waals surface area contributed by atoms with Crippen LogP contribution in [-0.2, 0) is 13.8 Å². The molecule has 0 rings (SSSR count). The molecule has 0 bridgehead atoms. The van der Waals surface area contributed by atoms with E-state index in [1.165, 1.54) is 0 Å². The van der Waals surface area contributed by atoms with Crippen LogP contribution in [0.2, 0.25) is 22.1 Å². The molecule has 0 aliphatic rings. The quantitative estimate of drug-likeness (QED) is 0.563. The summed E-state index contributed by atoms with van der Waals surface area (Å²) in [6.07, 6.45) is 0. The maximum absolute atomic E-state index is 5.77. The van der Waals surface area contributed by atoms with Crippen molar-refractivity contribution in [1.29, 1.82) is 0 Å². The molecule has 2 N–H and O–H groups in total. The average Bonchev–Trinajstić information content (AvgIpc) is 0.650. The summed E-state index contributed by atoms with van der Waals surface area (Å²) < 4.78 is 5.77. The van der Waals surface area contributed by atoms with E-state index < -0.39 is 13.8 Å². The molecule has 0 aromatic heterocycles. The maximum atomic E-state index is 5.77. The number of hydrogen-bond acceptors (Lipinski definition) is 1. The summed E-state index contributed by atoms with van der Waals surface area (Å²) in [6.45, 7) is 0. The molecule has 44 valence electrons. The van der Waals surface area contributed by atoms with Crippen LogP contribution in [0.25, 0.3) is 0 Å². The molecule has 0 saturated heterocycles. The second-order valence-electron chi connectivity index (χ2n) is 2.77. The van der Waals surface area contributed by atoms with Crippen molar-refractivity contribution >= 4 is 0 Å². The van der Waals surface area contributed by atoms with Crippen molar-refractivity contribution in [2.45, 2.75) is 22.1 Å². The summed E-state index contributed by atoms with van der Waals surface area (Å²) in [5.74, 6) is 0. The molecule has 2 heteroatoms. The van der Waals surface area contributed by atoms with Gasteiger partial charge in [0.05, 0.1) is 0 Å². The minimum atomic E-state index is -1.90. The van der Waals surface area contributed by atoms with Gasteiger partial charge in [-0.1, -0.05) is 0 Å². The van der Waals surface area contributed by atoms with Gasteiger partial charge < -0.3 is 0 Å².